The highest BCUT2D eigenvalue weighted by Gasteiger charge is 2.37. The van der Waals surface area contributed by atoms with Crippen LogP contribution in [0.1, 0.15) is 40.7 Å². The minimum Gasteiger partial charge on any atom is -0.386 e. The molecule has 1 atom stereocenters. The molecular formula is C20H24N4O2. The number of anilines is 1. The molecule has 6 heteroatoms. The van der Waals surface area contributed by atoms with Gasteiger partial charge in [-0.3, -0.25) is 4.79 Å². The first-order valence-electron chi connectivity index (χ1n) is 9.27. The normalized spacial score (nSPS) is 22.1. The van der Waals surface area contributed by atoms with Crippen molar-refractivity contribution < 1.29 is 9.90 Å². The third-order valence-corrected chi connectivity index (χ3v) is 5.36. The van der Waals surface area contributed by atoms with Crippen LogP contribution in [0.3, 0.4) is 0 Å². The smallest absolute Gasteiger partial charge is 0.251 e. The highest BCUT2D eigenvalue weighted by Crippen LogP contribution is 2.24. The number of hydrogen-bond donors (Lipinski definition) is 2. The van der Waals surface area contributed by atoms with Crippen molar-refractivity contribution in [1.82, 2.24) is 15.3 Å². The van der Waals surface area contributed by atoms with E-state index in [1.165, 1.54) is 24.0 Å². The Bertz CT molecular complexity index is 796. The summed E-state index contributed by atoms with van der Waals surface area (Å²) in [6, 6.07) is 7.74. The molecule has 26 heavy (non-hydrogen) atoms. The number of amides is 1. The van der Waals surface area contributed by atoms with Crippen LogP contribution in [-0.4, -0.2) is 46.2 Å². The molecule has 1 aliphatic heterocycles. The fraction of sp³-hybridized carbons (Fsp3) is 0.450. The number of carbonyl (C=O) groups excluding carboxylic acids is 1. The molecule has 1 fully saturated rings. The van der Waals surface area contributed by atoms with E-state index in [2.05, 4.69) is 21.4 Å². The predicted octanol–water partition coefficient (Wildman–Crippen LogP) is 1.73. The van der Waals surface area contributed by atoms with E-state index >= 15 is 0 Å². The van der Waals surface area contributed by atoms with E-state index in [1.807, 2.05) is 17.0 Å². The van der Waals surface area contributed by atoms with Crippen molar-refractivity contribution >= 4 is 11.9 Å². The van der Waals surface area contributed by atoms with E-state index in [0.717, 1.165) is 12.8 Å². The van der Waals surface area contributed by atoms with Crippen molar-refractivity contribution in [2.24, 2.45) is 0 Å². The molecule has 1 aliphatic carbocycles. The van der Waals surface area contributed by atoms with Crippen LogP contribution in [0, 0.1) is 0 Å². The third kappa shape index (κ3) is 3.55. The van der Waals surface area contributed by atoms with Gasteiger partial charge in [-0.05, 0) is 61.4 Å². The van der Waals surface area contributed by atoms with Crippen LogP contribution in [-0.2, 0) is 12.8 Å². The van der Waals surface area contributed by atoms with Gasteiger partial charge in [0.1, 0.15) is 5.60 Å². The number of aromatic nitrogens is 2. The number of aryl methyl sites for hydroxylation is 2. The average Bonchev–Trinajstić information content (AvgIpc) is 3.09. The molecule has 0 bridgehead atoms. The summed E-state index contributed by atoms with van der Waals surface area (Å²) in [4.78, 5) is 22.9. The first kappa shape index (κ1) is 17.0. The summed E-state index contributed by atoms with van der Waals surface area (Å²) in [5.41, 5.74) is 2.37. The van der Waals surface area contributed by atoms with E-state index < -0.39 is 5.60 Å². The Kier molecular flexibility index (Phi) is 4.59. The zero-order valence-corrected chi connectivity index (χ0v) is 14.8. The Balaban J connectivity index is 1.37. The zero-order valence-electron chi connectivity index (χ0n) is 14.8. The maximum absolute atomic E-state index is 12.5. The topological polar surface area (TPSA) is 78.4 Å². The number of fused-ring (bicyclic) bond motifs is 1. The van der Waals surface area contributed by atoms with E-state index in [9.17, 15) is 9.90 Å². The van der Waals surface area contributed by atoms with E-state index in [4.69, 9.17) is 0 Å². The molecule has 6 nitrogen and oxygen atoms in total. The Morgan fingerprint density at radius 2 is 1.96 bits per heavy atom. The summed E-state index contributed by atoms with van der Waals surface area (Å²) in [5, 5.41) is 13.7. The zero-order chi connectivity index (χ0) is 18.0. The second-order valence-corrected chi connectivity index (χ2v) is 7.32. The van der Waals surface area contributed by atoms with Gasteiger partial charge >= 0.3 is 0 Å². The van der Waals surface area contributed by atoms with Crippen molar-refractivity contribution in [1.29, 1.82) is 0 Å². The van der Waals surface area contributed by atoms with Crippen LogP contribution in [0.25, 0.3) is 0 Å². The molecule has 2 aliphatic rings. The molecule has 0 spiro atoms. The number of rotatable bonds is 4. The van der Waals surface area contributed by atoms with E-state index in [1.54, 1.807) is 18.5 Å². The molecule has 136 valence electrons. The Hall–Kier alpha value is -2.47. The highest BCUT2D eigenvalue weighted by atomic mass is 16.3. The Morgan fingerprint density at radius 3 is 2.77 bits per heavy atom. The lowest BCUT2D eigenvalue weighted by Crippen LogP contribution is -2.45. The molecule has 0 unspecified atom stereocenters. The first-order valence-corrected chi connectivity index (χ1v) is 9.27. The van der Waals surface area contributed by atoms with Crippen LogP contribution >= 0.6 is 0 Å². The summed E-state index contributed by atoms with van der Waals surface area (Å²) < 4.78 is 0. The molecule has 2 aromatic rings. The Morgan fingerprint density at radius 1 is 1.19 bits per heavy atom. The quantitative estimate of drug-likeness (QED) is 0.876. The second kappa shape index (κ2) is 7.03. The lowest BCUT2D eigenvalue weighted by Gasteiger charge is -2.24. The van der Waals surface area contributed by atoms with Crippen LogP contribution in [0.4, 0.5) is 5.95 Å². The van der Waals surface area contributed by atoms with Gasteiger partial charge in [0.15, 0.2) is 0 Å². The fourth-order valence-electron chi connectivity index (χ4n) is 3.85. The molecule has 4 rings (SSSR count). The summed E-state index contributed by atoms with van der Waals surface area (Å²) in [7, 11) is 0. The highest BCUT2D eigenvalue weighted by molar-refractivity contribution is 5.94. The third-order valence-electron chi connectivity index (χ3n) is 5.36. The monoisotopic (exact) mass is 352 g/mol. The average molecular weight is 352 g/mol. The molecule has 1 saturated heterocycles. The Labute approximate surface area is 153 Å². The molecule has 1 aromatic heterocycles. The van der Waals surface area contributed by atoms with Crippen LogP contribution in [0.2, 0.25) is 0 Å². The van der Waals surface area contributed by atoms with Crippen molar-refractivity contribution in [2.75, 3.05) is 24.5 Å². The minimum absolute atomic E-state index is 0.124. The van der Waals surface area contributed by atoms with Crippen molar-refractivity contribution in [2.45, 2.75) is 37.7 Å². The second-order valence-electron chi connectivity index (χ2n) is 7.32. The summed E-state index contributed by atoms with van der Waals surface area (Å²) in [6.07, 6.45) is 8.54. The van der Waals surface area contributed by atoms with Gasteiger partial charge in [0.2, 0.25) is 5.95 Å². The number of aliphatic hydroxyl groups is 1. The van der Waals surface area contributed by atoms with Crippen molar-refractivity contribution in [3.8, 4) is 0 Å². The number of nitrogens with one attached hydrogen (secondary N) is 1. The van der Waals surface area contributed by atoms with Crippen LogP contribution in [0.5, 0.6) is 0 Å². The summed E-state index contributed by atoms with van der Waals surface area (Å²) in [5.74, 6) is 0.491. The summed E-state index contributed by atoms with van der Waals surface area (Å²) in [6.45, 7) is 1.32. The van der Waals surface area contributed by atoms with Crippen LogP contribution in [0.15, 0.2) is 36.7 Å². The van der Waals surface area contributed by atoms with Gasteiger partial charge in [-0.1, -0.05) is 6.07 Å². The molecular weight excluding hydrogens is 328 g/mol. The van der Waals surface area contributed by atoms with E-state index in [0.29, 0.717) is 31.0 Å². The minimum atomic E-state index is -0.955. The fourth-order valence-corrected chi connectivity index (χ4v) is 3.85. The van der Waals surface area contributed by atoms with Crippen molar-refractivity contribution in [3.63, 3.8) is 0 Å². The maximum atomic E-state index is 12.5. The SMILES string of the molecule is O=C(NC[C@]1(O)CCN(c2ncccn2)C1)c1ccc2c(c1)CCCC2. The van der Waals surface area contributed by atoms with E-state index in [-0.39, 0.29) is 12.5 Å². The van der Waals surface area contributed by atoms with Gasteiger partial charge in [-0.2, -0.15) is 0 Å². The number of benzene rings is 1. The lowest BCUT2D eigenvalue weighted by atomic mass is 9.90. The number of nitrogens with zero attached hydrogens (tertiary/aromatic N) is 3. The predicted molar refractivity (Wildman–Crippen MR) is 99.2 cm³/mol. The van der Waals surface area contributed by atoms with Crippen LogP contribution < -0.4 is 10.2 Å². The van der Waals surface area contributed by atoms with Gasteiger partial charge in [0.05, 0.1) is 6.54 Å². The molecule has 1 amide bonds. The first-order chi connectivity index (χ1) is 12.6. The maximum Gasteiger partial charge on any atom is 0.251 e. The molecule has 2 N–H and O–H groups in total. The summed E-state index contributed by atoms with van der Waals surface area (Å²) >= 11 is 0. The van der Waals surface area contributed by atoms with Gasteiger partial charge in [0.25, 0.3) is 5.91 Å². The molecule has 1 aromatic carbocycles. The van der Waals surface area contributed by atoms with Gasteiger partial charge in [-0.15, -0.1) is 0 Å². The molecule has 0 radical (unpaired) electrons. The standard InChI is InChI=1S/C20H24N4O2/c25-18(17-7-6-15-4-1-2-5-16(15)12-17)23-13-20(26)8-11-24(14-20)19-21-9-3-10-22-19/h3,6-7,9-10,12,26H,1-2,4-5,8,11,13-14H2,(H,23,25)/t20-/m1/s1. The van der Waals surface area contributed by atoms with Gasteiger partial charge in [0, 0.05) is 31.0 Å². The number of carbonyl (C=O) groups is 1. The molecule has 0 saturated carbocycles. The largest absolute Gasteiger partial charge is 0.386 e. The molecule has 2 heterocycles. The number of hydrogen-bond acceptors (Lipinski definition) is 5. The lowest BCUT2D eigenvalue weighted by molar-refractivity contribution is 0.0575. The number of β-amino-alcohol motifs (C(OH)–C–C–N with tert-alkyl or cyclic N) is 1. The van der Waals surface area contributed by atoms with Gasteiger partial charge in [-0.25, -0.2) is 9.97 Å². The van der Waals surface area contributed by atoms with Crippen molar-refractivity contribution in [3.05, 3.63) is 53.3 Å². The van der Waals surface area contributed by atoms with Gasteiger partial charge < -0.3 is 15.3 Å².